The van der Waals surface area contributed by atoms with Crippen molar-refractivity contribution in [1.82, 2.24) is 10.1 Å². The molecule has 0 spiro atoms. The summed E-state index contributed by atoms with van der Waals surface area (Å²) in [4.78, 5) is 17.6. The van der Waals surface area contributed by atoms with Crippen LogP contribution < -0.4 is 4.90 Å². The first-order valence-electron chi connectivity index (χ1n) is 7.64. The van der Waals surface area contributed by atoms with Crippen LogP contribution in [0.4, 0.5) is 10.1 Å². The number of benzene rings is 1. The van der Waals surface area contributed by atoms with Crippen LogP contribution in [0.2, 0.25) is 0 Å². The molecule has 7 heteroatoms. The van der Waals surface area contributed by atoms with Crippen LogP contribution in [0.5, 0.6) is 0 Å². The monoisotopic (exact) mass is 319 g/mol. The van der Waals surface area contributed by atoms with Crippen LogP contribution in [0.25, 0.3) is 11.4 Å². The zero-order chi connectivity index (χ0) is 16.4. The lowest BCUT2D eigenvalue weighted by atomic mass is 10.1. The first kappa shape index (κ1) is 15.5. The third kappa shape index (κ3) is 3.18. The zero-order valence-electron chi connectivity index (χ0n) is 13.1. The Morgan fingerprint density at radius 3 is 3.00 bits per heavy atom. The molecule has 1 fully saturated rings. The van der Waals surface area contributed by atoms with Crippen LogP contribution in [-0.4, -0.2) is 35.8 Å². The van der Waals surface area contributed by atoms with E-state index < -0.39 is 11.8 Å². The molecule has 0 bridgehead atoms. The largest absolute Gasteiger partial charge is 0.459 e. The van der Waals surface area contributed by atoms with Gasteiger partial charge in [0.15, 0.2) is 0 Å². The van der Waals surface area contributed by atoms with Crippen molar-refractivity contribution in [2.75, 3.05) is 24.6 Å². The number of ether oxygens (including phenoxy) is 1. The highest BCUT2D eigenvalue weighted by Crippen LogP contribution is 2.28. The Bertz CT molecular complexity index is 716. The fourth-order valence-electron chi connectivity index (χ4n) is 2.66. The van der Waals surface area contributed by atoms with E-state index in [1.807, 2.05) is 6.07 Å². The van der Waals surface area contributed by atoms with E-state index in [1.165, 1.54) is 6.07 Å². The molecule has 3 rings (SSSR count). The lowest BCUT2D eigenvalue weighted by Crippen LogP contribution is -2.19. The van der Waals surface area contributed by atoms with Gasteiger partial charge in [-0.2, -0.15) is 4.98 Å². The first-order chi connectivity index (χ1) is 11.1. The Balaban J connectivity index is 1.82. The molecule has 23 heavy (non-hydrogen) atoms. The maximum atomic E-state index is 14.4. The number of anilines is 1. The number of carbonyl (C=O) groups is 1. The minimum atomic E-state index is -0.714. The molecule has 1 aromatic heterocycles. The van der Waals surface area contributed by atoms with Crippen molar-refractivity contribution in [2.24, 2.45) is 5.92 Å². The second-order valence-electron chi connectivity index (χ2n) is 5.65. The lowest BCUT2D eigenvalue weighted by Gasteiger charge is -2.18. The highest BCUT2D eigenvalue weighted by molar-refractivity contribution is 5.84. The van der Waals surface area contributed by atoms with Crippen molar-refractivity contribution in [1.29, 1.82) is 0 Å². The third-order valence-electron chi connectivity index (χ3n) is 3.86. The van der Waals surface area contributed by atoms with E-state index in [2.05, 4.69) is 22.0 Å². The maximum absolute atomic E-state index is 14.4. The zero-order valence-corrected chi connectivity index (χ0v) is 13.1. The van der Waals surface area contributed by atoms with Crippen molar-refractivity contribution in [2.45, 2.75) is 20.3 Å². The summed E-state index contributed by atoms with van der Waals surface area (Å²) in [5.41, 5.74) is 1.03. The van der Waals surface area contributed by atoms with Crippen molar-refractivity contribution < 1.29 is 18.4 Å². The summed E-state index contributed by atoms with van der Waals surface area (Å²) in [5.74, 6) is -0.791. The summed E-state index contributed by atoms with van der Waals surface area (Å²) in [6.45, 7) is 5.91. The van der Waals surface area contributed by atoms with E-state index in [4.69, 9.17) is 9.26 Å². The van der Waals surface area contributed by atoms with E-state index in [0.29, 0.717) is 5.92 Å². The molecule has 0 amide bonds. The molecule has 2 heterocycles. The van der Waals surface area contributed by atoms with Crippen LogP contribution in [0.15, 0.2) is 22.7 Å². The van der Waals surface area contributed by atoms with Gasteiger partial charge in [0.1, 0.15) is 5.82 Å². The van der Waals surface area contributed by atoms with Crippen LogP contribution in [0, 0.1) is 11.7 Å². The summed E-state index contributed by atoms with van der Waals surface area (Å²) in [5, 5.41) is 3.65. The highest BCUT2D eigenvalue weighted by Gasteiger charge is 2.22. The van der Waals surface area contributed by atoms with E-state index in [-0.39, 0.29) is 23.9 Å². The predicted octanol–water partition coefficient (Wildman–Crippen LogP) is 2.90. The molecule has 1 atom stereocenters. The molecular formula is C16H18FN3O3. The quantitative estimate of drug-likeness (QED) is 0.807. The average molecular weight is 319 g/mol. The minimum Gasteiger partial charge on any atom is -0.459 e. The SMILES string of the molecule is CCOC(=O)c1nc(-c2ccc(N3CCC(C)C3)cc2F)no1. The number of hydrogen-bond donors (Lipinski definition) is 0. The Kier molecular flexibility index (Phi) is 4.27. The van der Waals surface area contributed by atoms with Gasteiger partial charge in [-0.3, -0.25) is 0 Å². The van der Waals surface area contributed by atoms with Gasteiger partial charge in [-0.05, 0) is 37.5 Å². The average Bonchev–Trinajstić information content (AvgIpc) is 3.16. The molecule has 1 aliphatic heterocycles. The second-order valence-corrected chi connectivity index (χ2v) is 5.65. The number of aromatic nitrogens is 2. The minimum absolute atomic E-state index is 0.0342. The van der Waals surface area contributed by atoms with E-state index >= 15 is 0 Å². The Morgan fingerprint density at radius 2 is 2.35 bits per heavy atom. The maximum Gasteiger partial charge on any atom is 0.397 e. The van der Waals surface area contributed by atoms with Gasteiger partial charge in [0.05, 0.1) is 12.2 Å². The molecule has 1 aliphatic rings. The number of hydrogen-bond acceptors (Lipinski definition) is 6. The second kappa shape index (κ2) is 6.36. The van der Waals surface area contributed by atoms with Gasteiger partial charge in [0.2, 0.25) is 5.82 Å². The molecule has 0 saturated carbocycles. The summed E-state index contributed by atoms with van der Waals surface area (Å²) in [6.07, 6.45) is 1.11. The van der Waals surface area contributed by atoms with Crippen molar-refractivity contribution in [3.63, 3.8) is 0 Å². The Labute approximate surface area is 133 Å². The molecule has 122 valence electrons. The Hall–Kier alpha value is -2.44. The van der Waals surface area contributed by atoms with Gasteiger partial charge >= 0.3 is 11.9 Å². The number of halogens is 1. The molecule has 0 aliphatic carbocycles. The van der Waals surface area contributed by atoms with Crippen LogP contribution >= 0.6 is 0 Å². The van der Waals surface area contributed by atoms with E-state index in [1.54, 1.807) is 13.0 Å². The van der Waals surface area contributed by atoms with Gasteiger partial charge < -0.3 is 14.2 Å². The molecular weight excluding hydrogens is 301 g/mol. The predicted molar refractivity (Wildman–Crippen MR) is 81.6 cm³/mol. The fraction of sp³-hybridized carbons (Fsp3) is 0.438. The van der Waals surface area contributed by atoms with Crippen molar-refractivity contribution in [3.8, 4) is 11.4 Å². The number of rotatable bonds is 4. The van der Waals surface area contributed by atoms with E-state index in [0.717, 1.165) is 25.2 Å². The van der Waals surface area contributed by atoms with Gasteiger partial charge in [-0.25, -0.2) is 9.18 Å². The standard InChI is InChI=1S/C16H18FN3O3/c1-3-22-16(21)15-18-14(19-23-15)12-5-4-11(8-13(12)17)20-7-6-10(2)9-20/h4-5,8,10H,3,6-7,9H2,1-2H3. The van der Waals surface area contributed by atoms with Crippen LogP contribution in [-0.2, 0) is 4.74 Å². The van der Waals surface area contributed by atoms with E-state index in [9.17, 15) is 9.18 Å². The molecule has 0 radical (unpaired) electrons. The summed E-state index contributed by atoms with van der Waals surface area (Å²) in [6, 6.07) is 4.90. The topological polar surface area (TPSA) is 68.5 Å². The normalized spacial score (nSPS) is 17.5. The number of carbonyl (C=O) groups excluding carboxylic acids is 1. The fourth-order valence-corrected chi connectivity index (χ4v) is 2.66. The van der Waals surface area contributed by atoms with Crippen LogP contribution in [0.3, 0.4) is 0 Å². The smallest absolute Gasteiger partial charge is 0.397 e. The molecule has 6 nitrogen and oxygen atoms in total. The van der Waals surface area contributed by atoms with Gasteiger partial charge in [0, 0.05) is 18.8 Å². The summed E-state index contributed by atoms with van der Waals surface area (Å²) >= 11 is 0. The summed E-state index contributed by atoms with van der Waals surface area (Å²) in [7, 11) is 0. The van der Waals surface area contributed by atoms with Crippen molar-refractivity contribution >= 4 is 11.7 Å². The summed E-state index contributed by atoms with van der Waals surface area (Å²) < 4.78 is 24.0. The van der Waals surface area contributed by atoms with Crippen LogP contribution in [0.1, 0.15) is 31.0 Å². The highest BCUT2D eigenvalue weighted by atomic mass is 19.1. The molecule has 2 aromatic rings. The first-order valence-corrected chi connectivity index (χ1v) is 7.64. The molecule has 1 aromatic carbocycles. The molecule has 0 N–H and O–H groups in total. The van der Waals surface area contributed by atoms with Gasteiger partial charge in [0.25, 0.3) is 0 Å². The molecule has 1 saturated heterocycles. The van der Waals surface area contributed by atoms with Gasteiger partial charge in [-0.1, -0.05) is 12.1 Å². The number of esters is 1. The number of nitrogens with zero attached hydrogens (tertiary/aromatic N) is 3. The lowest BCUT2D eigenvalue weighted by molar-refractivity contribution is 0.0470. The van der Waals surface area contributed by atoms with Crippen molar-refractivity contribution in [3.05, 3.63) is 29.9 Å². The Morgan fingerprint density at radius 1 is 1.52 bits per heavy atom. The molecule has 1 unspecified atom stereocenters. The van der Waals surface area contributed by atoms with Gasteiger partial charge in [-0.15, -0.1) is 0 Å². The third-order valence-corrected chi connectivity index (χ3v) is 3.86.